The molecule has 0 amide bonds. The van der Waals surface area contributed by atoms with Crippen LogP contribution in [0.15, 0.2) is 24.3 Å². The van der Waals surface area contributed by atoms with Crippen LogP contribution < -0.4 is 10.1 Å². The van der Waals surface area contributed by atoms with E-state index in [1.807, 2.05) is 0 Å². The topological polar surface area (TPSA) is 65.3 Å². The molecule has 1 fully saturated rings. The number of aliphatic hydroxyl groups excluding tert-OH is 1. The van der Waals surface area contributed by atoms with Gasteiger partial charge in [0, 0.05) is 12.1 Å². The summed E-state index contributed by atoms with van der Waals surface area (Å²) in [6, 6.07) is 8.99. The van der Waals surface area contributed by atoms with Crippen LogP contribution in [0.5, 0.6) is 5.75 Å². The first-order valence-electron chi connectivity index (χ1n) is 6.17. The second kappa shape index (κ2) is 5.38. The molecule has 4 heteroatoms. The Labute approximate surface area is 107 Å². The highest BCUT2D eigenvalue weighted by Gasteiger charge is 2.36. The zero-order valence-electron chi connectivity index (χ0n) is 10.5. The first kappa shape index (κ1) is 12.9. The Balaban J connectivity index is 1.74. The molecule has 1 aliphatic rings. The Morgan fingerprint density at radius 2 is 2.33 bits per heavy atom. The molecule has 1 unspecified atom stereocenters. The van der Waals surface area contributed by atoms with E-state index in [-0.39, 0.29) is 12.1 Å². The Hall–Kier alpha value is -1.57. The van der Waals surface area contributed by atoms with Crippen LogP contribution in [-0.2, 0) is 0 Å². The quantitative estimate of drug-likeness (QED) is 0.797. The third-order valence-corrected chi connectivity index (χ3v) is 3.17. The first-order valence-corrected chi connectivity index (χ1v) is 6.17. The molecule has 1 aliphatic carbocycles. The smallest absolute Gasteiger partial charge is 0.120 e. The van der Waals surface area contributed by atoms with Gasteiger partial charge in [-0.05, 0) is 38.0 Å². The monoisotopic (exact) mass is 246 g/mol. The van der Waals surface area contributed by atoms with Crippen molar-refractivity contribution < 1.29 is 9.84 Å². The summed E-state index contributed by atoms with van der Waals surface area (Å²) in [5, 5.41) is 21.8. The number of ether oxygens (including phenoxy) is 1. The molecule has 96 valence electrons. The average Bonchev–Trinajstić information content (AvgIpc) is 3.13. The van der Waals surface area contributed by atoms with Crippen LogP contribution in [0.2, 0.25) is 0 Å². The van der Waals surface area contributed by atoms with Crippen LogP contribution in [0.3, 0.4) is 0 Å². The predicted molar refractivity (Wildman–Crippen MR) is 68.3 cm³/mol. The Morgan fingerprint density at radius 1 is 1.56 bits per heavy atom. The molecule has 0 radical (unpaired) electrons. The van der Waals surface area contributed by atoms with Crippen molar-refractivity contribution in [3.8, 4) is 11.8 Å². The van der Waals surface area contributed by atoms with Crippen molar-refractivity contribution in [1.82, 2.24) is 5.32 Å². The van der Waals surface area contributed by atoms with Gasteiger partial charge in [0.1, 0.15) is 18.5 Å². The van der Waals surface area contributed by atoms with E-state index >= 15 is 0 Å². The molecule has 2 rings (SSSR count). The zero-order valence-corrected chi connectivity index (χ0v) is 10.5. The van der Waals surface area contributed by atoms with Gasteiger partial charge in [0.05, 0.1) is 11.6 Å². The van der Waals surface area contributed by atoms with Crippen LogP contribution in [0.4, 0.5) is 0 Å². The summed E-state index contributed by atoms with van der Waals surface area (Å²) in [5.74, 6) is 0.616. The third-order valence-electron chi connectivity index (χ3n) is 3.17. The fourth-order valence-electron chi connectivity index (χ4n) is 1.64. The van der Waals surface area contributed by atoms with Crippen molar-refractivity contribution in [2.75, 3.05) is 13.2 Å². The van der Waals surface area contributed by atoms with Gasteiger partial charge in [-0.25, -0.2) is 0 Å². The summed E-state index contributed by atoms with van der Waals surface area (Å²) in [6.45, 7) is 2.92. The molecule has 0 saturated heterocycles. The number of benzene rings is 1. The van der Waals surface area contributed by atoms with Crippen LogP contribution in [0.1, 0.15) is 25.3 Å². The molecular weight excluding hydrogens is 228 g/mol. The van der Waals surface area contributed by atoms with E-state index in [1.165, 1.54) is 12.8 Å². The van der Waals surface area contributed by atoms with E-state index in [0.717, 1.165) is 0 Å². The summed E-state index contributed by atoms with van der Waals surface area (Å²) in [7, 11) is 0. The first-order chi connectivity index (χ1) is 8.61. The predicted octanol–water partition coefficient (Wildman–Crippen LogP) is 1.44. The van der Waals surface area contributed by atoms with Crippen molar-refractivity contribution >= 4 is 0 Å². The highest BCUT2D eigenvalue weighted by Crippen LogP contribution is 2.33. The molecule has 0 bridgehead atoms. The van der Waals surface area contributed by atoms with Crippen molar-refractivity contribution in [3.63, 3.8) is 0 Å². The summed E-state index contributed by atoms with van der Waals surface area (Å²) in [4.78, 5) is 0. The van der Waals surface area contributed by atoms with E-state index in [9.17, 15) is 5.11 Å². The normalized spacial score (nSPS) is 17.8. The second-order valence-electron chi connectivity index (χ2n) is 5.05. The van der Waals surface area contributed by atoms with Gasteiger partial charge in [0.15, 0.2) is 0 Å². The minimum atomic E-state index is -0.534. The minimum absolute atomic E-state index is 0.224. The number of hydrogen-bond donors (Lipinski definition) is 2. The number of nitrogens with one attached hydrogen (secondary N) is 1. The van der Waals surface area contributed by atoms with Crippen LogP contribution >= 0.6 is 0 Å². The molecular formula is C14H18N2O2. The lowest BCUT2D eigenvalue weighted by atomic mass is 10.2. The average molecular weight is 246 g/mol. The molecule has 1 atom stereocenters. The van der Waals surface area contributed by atoms with Gasteiger partial charge in [-0.3, -0.25) is 0 Å². The van der Waals surface area contributed by atoms with Crippen LogP contribution in [0.25, 0.3) is 0 Å². The van der Waals surface area contributed by atoms with Gasteiger partial charge in [-0.15, -0.1) is 0 Å². The number of hydrogen-bond acceptors (Lipinski definition) is 4. The van der Waals surface area contributed by atoms with Crippen molar-refractivity contribution in [1.29, 1.82) is 5.26 Å². The molecule has 2 N–H and O–H groups in total. The molecule has 4 nitrogen and oxygen atoms in total. The van der Waals surface area contributed by atoms with E-state index in [4.69, 9.17) is 10.00 Å². The highest BCUT2D eigenvalue weighted by atomic mass is 16.5. The Bertz CT molecular complexity index is 449. The number of aliphatic hydroxyl groups is 1. The van der Waals surface area contributed by atoms with E-state index in [0.29, 0.717) is 17.9 Å². The molecule has 0 spiro atoms. The Morgan fingerprint density at radius 3 is 3.00 bits per heavy atom. The molecule has 1 saturated carbocycles. The van der Waals surface area contributed by atoms with Crippen molar-refractivity contribution in [2.24, 2.45) is 0 Å². The van der Waals surface area contributed by atoms with Crippen molar-refractivity contribution in [2.45, 2.75) is 31.4 Å². The van der Waals surface area contributed by atoms with Crippen LogP contribution in [-0.4, -0.2) is 29.9 Å². The SMILES string of the molecule is CC1(NCC(O)COc2cccc(C#N)c2)CC1. The van der Waals surface area contributed by atoms with Gasteiger partial charge < -0.3 is 15.2 Å². The fraction of sp³-hybridized carbons (Fsp3) is 0.500. The summed E-state index contributed by atoms with van der Waals surface area (Å²) in [5.41, 5.74) is 0.785. The molecule has 18 heavy (non-hydrogen) atoms. The molecule has 0 aliphatic heterocycles. The van der Waals surface area contributed by atoms with Gasteiger partial charge in [0.25, 0.3) is 0 Å². The second-order valence-corrected chi connectivity index (χ2v) is 5.05. The van der Waals surface area contributed by atoms with Crippen molar-refractivity contribution in [3.05, 3.63) is 29.8 Å². The maximum absolute atomic E-state index is 9.78. The Kier molecular flexibility index (Phi) is 3.85. The van der Waals surface area contributed by atoms with Gasteiger partial charge in [-0.1, -0.05) is 6.07 Å². The number of β-amino-alcohol motifs (C(OH)–C–C–N with tert-alkyl or cyclic N) is 1. The summed E-state index contributed by atoms with van der Waals surface area (Å²) >= 11 is 0. The number of nitrogens with zero attached hydrogens (tertiary/aromatic N) is 1. The third kappa shape index (κ3) is 3.73. The number of nitriles is 1. The maximum Gasteiger partial charge on any atom is 0.120 e. The molecule has 0 heterocycles. The molecule has 1 aromatic rings. The number of rotatable bonds is 6. The highest BCUT2D eigenvalue weighted by molar-refractivity contribution is 5.36. The summed E-state index contributed by atoms with van der Waals surface area (Å²) < 4.78 is 5.45. The van der Waals surface area contributed by atoms with Gasteiger partial charge in [0.2, 0.25) is 0 Å². The maximum atomic E-state index is 9.78. The molecule has 0 aromatic heterocycles. The van der Waals surface area contributed by atoms with Gasteiger partial charge in [-0.2, -0.15) is 5.26 Å². The largest absolute Gasteiger partial charge is 0.491 e. The standard InChI is InChI=1S/C14H18N2O2/c1-14(5-6-14)16-9-12(17)10-18-13-4-2-3-11(7-13)8-15/h2-4,7,12,16-17H,5-6,9-10H2,1H3. The lowest BCUT2D eigenvalue weighted by Gasteiger charge is -2.16. The lowest BCUT2D eigenvalue weighted by Crippen LogP contribution is -2.37. The fourth-order valence-corrected chi connectivity index (χ4v) is 1.64. The lowest BCUT2D eigenvalue weighted by molar-refractivity contribution is 0.103. The van der Waals surface area contributed by atoms with E-state index in [2.05, 4.69) is 18.3 Å². The van der Waals surface area contributed by atoms with E-state index < -0.39 is 6.10 Å². The minimum Gasteiger partial charge on any atom is -0.491 e. The molecule has 1 aromatic carbocycles. The van der Waals surface area contributed by atoms with Gasteiger partial charge >= 0.3 is 0 Å². The summed E-state index contributed by atoms with van der Waals surface area (Å²) in [6.07, 6.45) is 1.81. The van der Waals surface area contributed by atoms with Crippen LogP contribution in [0, 0.1) is 11.3 Å². The zero-order chi connectivity index (χ0) is 13.0. The van der Waals surface area contributed by atoms with E-state index in [1.54, 1.807) is 24.3 Å².